The molecule has 3 aliphatic heterocycles. The van der Waals surface area contributed by atoms with Crippen molar-refractivity contribution >= 4 is 23.9 Å². The maximum atomic E-state index is 12.4. The van der Waals surface area contributed by atoms with Crippen molar-refractivity contribution in [2.75, 3.05) is 53.4 Å². The third-order valence-corrected chi connectivity index (χ3v) is 4.90. The molecule has 0 spiro atoms. The summed E-state index contributed by atoms with van der Waals surface area (Å²) in [5.41, 5.74) is 0. The highest BCUT2D eigenvalue weighted by Crippen LogP contribution is 2.25. The van der Waals surface area contributed by atoms with E-state index < -0.39 is 18.2 Å². The van der Waals surface area contributed by atoms with E-state index in [2.05, 4.69) is 21.8 Å². The number of hydrogen-bond donors (Lipinski definition) is 1. The first-order chi connectivity index (χ1) is 12.5. The Morgan fingerprint density at radius 2 is 2.04 bits per heavy atom. The van der Waals surface area contributed by atoms with E-state index in [0.717, 1.165) is 0 Å². The highest BCUT2D eigenvalue weighted by molar-refractivity contribution is 6.03. The fourth-order valence-corrected chi connectivity index (χ4v) is 3.46. The van der Waals surface area contributed by atoms with Crippen LogP contribution in [0.15, 0.2) is 17.6 Å². The quantitative estimate of drug-likeness (QED) is 0.479. The summed E-state index contributed by atoms with van der Waals surface area (Å²) < 4.78 is 4.71. The molecule has 10 nitrogen and oxygen atoms in total. The molecule has 0 bridgehead atoms. The zero-order valence-corrected chi connectivity index (χ0v) is 15.1. The van der Waals surface area contributed by atoms with Crippen molar-refractivity contribution in [1.29, 1.82) is 0 Å². The lowest BCUT2D eigenvalue weighted by molar-refractivity contribution is -0.142. The molecule has 26 heavy (non-hydrogen) atoms. The van der Waals surface area contributed by atoms with Crippen molar-refractivity contribution in [3.63, 3.8) is 0 Å². The van der Waals surface area contributed by atoms with E-state index in [1.807, 2.05) is 9.80 Å². The minimum Gasteiger partial charge on any atom is -0.468 e. The number of hydrogen-bond acceptors (Lipinski definition) is 8. The number of likely N-dealkylation sites (N-methyl/N-ethyl adjacent to an activating group) is 1. The summed E-state index contributed by atoms with van der Waals surface area (Å²) in [5, 5.41) is 2.37. The Labute approximate surface area is 152 Å². The lowest BCUT2D eigenvalue weighted by atomic mass is 10.1. The molecule has 0 radical (unpaired) electrons. The summed E-state index contributed by atoms with van der Waals surface area (Å²) in [7, 11) is 3.01. The molecule has 3 aliphatic rings. The van der Waals surface area contributed by atoms with Crippen molar-refractivity contribution in [2.45, 2.75) is 12.2 Å². The van der Waals surface area contributed by atoms with Gasteiger partial charge in [0.25, 0.3) is 5.91 Å². The van der Waals surface area contributed by atoms with Crippen LogP contribution in [0.4, 0.5) is 4.79 Å². The van der Waals surface area contributed by atoms with Crippen LogP contribution in [0, 0.1) is 0 Å². The summed E-state index contributed by atoms with van der Waals surface area (Å²) in [6.07, 6.45) is 1.18. The Hall–Kier alpha value is -2.62. The lowest BCUT2D eigenvalue weighted by Crippen LogP contribution is -2.64. The average molecular weight is 364 g/mol. The number of rotatable bonds is 4. The SMILES string of the molecule is C=CCN1C(N2CCN(CC(=O)OC)CC2)=NC2C1C(=O)NC(=O)N2C. The number of amides is 3. The number of urea groups is 1. The van der Waals surface area contributed by atoms with Gasteiger partial charge in [0.1, 0.15) is 0 Å². The average Bonchev–Trinajstić information content (AvgIpc) is 3.01. The minimum atomic E-state index is -0.557. The maximum absolute atomic E-state index is 12.4. The van der Waals surface area contributed by atoms with E-state index in [4.69, 9.17) is 4.74 Å². The van der Waals surface area contributed by atoms with E-state index in [1.165, 1.54) is 12.0 Å². The van der Waals surface area contributed by atoms with Crippen molar-refractivity contribution in [1.82, 2.24) is 24.9 Å². The number of piperazine rings is 1. The van der Waals surface area contributed by atoms with Gasteiger partial charge >= 0.3 is 12.0 Å². The number of ether oxygens (including phenoxy) is 1. The van der Waals surface area contributed by atoms with Crippen LogP contribution in [0.3, 0.4) is 0 Å². The fraction of sp³-hybridized carbons (Fsp3) is 0.625. The van der Waals surface area contributed by atoms with Crippen LogP contribution in [-0.2, 0) is 14.3 Å². The summed E-state index contributed by atoms with van der Waals surface area (Å²) in [6.45, 7) is 7.20. The van der Waals surface area contributed by atoms with Crippen LogP contribution in [-0.4, -0.2) is 109 Å². The van der Waals surface area contributed by atoms with Crippen LogP contribution < -0.4 is 5.32 Å². The molecule has 0 aromatic heterocycles. The number of aliphatic imine (C=N–C) groups is 1. The van der Waals surface area contributed by atoms with Crippen LogP contribution in [0.2, 0.25) is 0 Å². The second-order valence-electron chi connectivity index (χ2n) is 6.47. The number of fused-ring (bicyclic) bond motifs is 1. The number of carbonyl (C=O) groups excluding carboxylic acids is 3. The largest absolute Gasteiger partial charge is 0.468 e. The van der Waals surface area contributed by atoms with Gasteiger partial charge in [-0.05, 0) is 0 Å². The highest BCUT2D eigenvalue weighted by atomic mass is 16.5. The smallest absolute Gasteiger partial charge is 0.325 e. The van der Waals surface area contributed by atoms with Gasteiger partial charge in [0.15, 0.2) is 18.2 Å². The van der Waals surface area contributed by atoms with Crippen molar-refractivity contribution < 1.29 is 19.1 Å². The topological polar surface area (TPSA) is 97.8 Å². The van der Waals surface area contributed by atoms with E-state index in [0.29, 0.717) is 38.7 Å². The Morgan fingerprint density at radius 3 is 2.65 bits per heavy atom. The summed E-state index contributed by atoms with van der Waals surface area (Å²) >= 11 is 0. The molecule has 2 saturated heterocycles. The van der Waals surface area contributed by atoms with Crippen LogP contribution in [0.5, 0.6) is 0 Å². The fourth-order valence-electron chi connectivity index (χ4n) is 3.46. The number of guanidine groups is 1. The number of carbonyl (C=O) groups is 3. The lowest BCUT2D eigenvalue weighted by Gasteiger charge is -2.39. The first-order valence-electron chi connectivity index (χ1n) is 8.53. The zero-order valence-electron chi connectivity index (χ0n) is 15.1. The van der Waals surface area contributed by atoms with Crippen molar-refractivity contribution in [3.8, 4) is 0 Å². The van der Waals surface area contributed by atoms with Gasteiger partial charge in [-0.3, -0.25) is 19.8 Å². The Kier molecular flexibility index (Phi) is 5.12. The predicted octanol–water partition coefficient (Wildman–Crippen LogP) is -1.49. The van der Waals surface area contributed by atoms with Crippen LogP contribution >= 0.6 is 0 Å². The molecule has 1 N–H and O–H groups in total. The number of nitrogens with zero attached hydrogens (tertiary/aromatic N) is 5. The molecule has 10 heteroatoms. The van der Waals surface area contributed by atoms with Gasteiger partial charge in [-0.15, -0.1) is 6.58 Å². The van der Waals surface area contributed by atoms with Crippen LogP contribution in [0.25, 0.3) is 0 Å². The van der Waals surface area contributed by atoms with Gasteiger partial charge in [0, 0.05) is 39.8 Å². The molecule has 0 saturated carbocycles. The molecule has 3 heterocycles. The summed E-state index contributed by atoms with van der Waals surface area (Å²) in [5.74, 6) is 0.0881. The molecular weight excluding hydrogens is 340 g/mol. The Morgan fingerprint density at radius 1 is 1.35 bits per heavy atom. The van der Waals surface area contributed by atoms with Gasteiger partial charge in [-0.25, -0.2) is 9.79 Å². The van der Waals surface area contributed by atoms with Gasteiger partial charge in [0.2, 0.25) is 0 Å². The number of nitrogens with one attached hydrogen (secondary N) is 1. The first-order valence-corrected chi connectivity index (χ1v) is 8.53. The molecular formula is C16H24N6O4. The molecule has 3 rings (SSSR count). The van der Waals surface area contributed by atoms with E-state index >= 15 is 0 Å². The standard InChI is InChI=1S/C16H24N6O4/c1-4-5-22-12-13(19(2)16(25)18-14(12)24)17-15(22)21-8-6-20(7-9-21)10-11(23)26-3/h4,12-13H,1,5-10H2,2-3H3,(H,18,24,25). The van der Waals surface area contributed by atoms with E-state index in [9.17, 15) is 14.4 Å². The third-order valence-electron chi connectivity index (χ3n) is 4.90. The van der Waals surface area contributed by atoms with Gasteiger partial charge in [0.05, 0.1) is 13.7 Å². The monoisotopic (exact) mass is 364 g/mol. The zero-order chi connectivity index (χ0) is 18.8. The molecule has 0 aromatic carbocycles. The molecule has 3 amide bonds. The summed E-state index contributed by atoms with van der Waals surface area (Å²) in [4.78, 5) is 47.8. The van der Waals surface area contributed by atoms with Crippen molar-refractivity contribution in [2.24, 2.45) is 4.99 Å². The predicted molar refractivity (Wildman–Crippen MR) is 93.2 cm³/mol. The second kappa shape index (κ2) is 7.32. The Bertz CT molecular complexity index is 643. The van der Waals surface area contributed by atoms with Crippen LogP contribution in [0.1, 0.15) is 0 Å². The molecule has 2 fully saturated rings. The highest BCUT2D eigenvalue weighted by Gasteiger charge is 2.49. The maximum Gasteiger partial charge on any atom is 0.325 e. The normalized spacial score (nSPS) is 26.4. The Balaban J connectivity index is 1.74. The molecule has 2 unspecified atom stereocenters. The van der Waals surface area contributed by atoms with E-state index in [1.54, 1.807) is 13.1 Å². The molecule has 0 aliphatic carbocycles. The summed E-state index contributed by atoms with van der Waals surface area (Å²) in [6, 6.07) is -0.999. The number of imide groups is 1. The first kappa shape index (κ1) is 18.2. The van der Waals surface area contributed by atoms with Gasteiger partial charge < -0.3 is 19.4 Å². The second-order valence-corrected chi connectivity index (χ2v) is 6.47. The van der Waals surface area contributed by atoms with Gasteiger partial charge in [-0.2, -0.15) is 0 Å². The molecule has 0 aromatic rings. The number of esters is 1. The van der Waals surface area contributed by atoms with Gasteiger partial charge in [-0.1, -0.05) is 6.08 Å². The minimum absolute atomic E-state index is 0.257. The molecule has 142 valence electrons. The van der Waals surface area contributed by atoms with Crippen molar-refractivity contribution in [3.05, 3.63) is 12.7 Å². The van der Waals surface area contributed by atoms with E-state index in [-0.39, 0.29) is 18.4 Å². The molecule has 2 atom stereocenters. The number of methoxy groups -OCH3 is 1. The third kappa shape index (κ3) is 3.24.